The first-order chi connectivity index (χ1) is 9.47. The molecule has 0 bridgehead atoms. The van der Waals surface area contributed by atoms with E-state index in [1.165, 1.54) is 12.2 Å². The maximum Gasteiger partial charge on any atom is 0.220 e. The molecule has 0 aliphatic heterocycles. The molecule has 4 nitrogen and oxygen atoms in total. The molecule has 0 saturated heterocycles. The quantitative estimate of drug-likeness (QED) is 0.863. The Hall–Kier alpha value is -1.85. The first-order valence-corrected chi connectivity index (χ1v) is 7.36. The van der Waals surface area contributed by atoms with Gasteiger partial charge >= 0.3 is 0 Å². The molecular weight excluding hydrogens is 276 g/mol. The van der Waals surface area contributed by atoms with Gasteiger partial charge < -0.3 is 9.84 Å². The lowest BCUT2D eigenvalue weighted by atomic mass is 9.98. The Kier molecular flexibility index (Phi) is 4.42. The van der Waals surface area contributed by atoms with Crippen molar-refractivity contribution in [2.24, 2.45) is 0 Å². The molecule has 1 N–H and O–H groups in total. The lowest BCUT2D eigenvalue weighted by Gasteiger charge is -2.13. The van der Waals surface area contributed by atoms with Gasteiger partial charge in [-0.25, -0.2) is 0 Å². The molecule has 0 spiro atoms. The van der Waals surface area contributed by atoms with Crippen LogP contribution in [0.25, 0.3) is 5.57 Å². The van der Waals surface area contributed by atoms with Gasteiger partial charge in [-0.05, 0) is 43.2 Å². The minimum Gasteiger partial charge on any atom is -0.491 e. The molecule has 1 atom stereocenters. The summed E-state index contributed by atoms with van der Waals surface area (Å²) in [5, 5.41) is 9.57. The first kappa shape index (κ1) is 14.6. The van der Waals surface area contributed by atoms with Crippen LogP contribution in [0.1, 0.15) is 19.4 Å². The van der Waals surface area contributed by atoms with Crippen LogP contribution in [-0.4, -0.2) is 30.6 Å². The second-order valence-electron chi connectivity index (χ2n) is 4.73. The molecule has 0 heterocycles. The summed E-state index contributed by atoms with van der Waals surface area (Å²) >= 11 is 0. The van der Waals surface area contributed by atoms with Crippen molar-refractivity contribution >= 4 is 20.7 Å². The van der Waals surface area contributed by atoms with Crippen LogP contribution in [0.3, 0.4) is 0 Å². The lowest BCUT2D eigenvalue weighted by molar-refractivity contribution is 0.242. The third-order valence-electron chi connectivity index (χ3n) is 2.80. The normalized spacial score (nSPS) is 18.1. The molecule has 106 valence electrons. The molecule has 0 saturated carbocycles. The highest BCUT2D eigenvalue weighted by Crippen LogP contribution is 2.23. The predicted molar refractivity (Wildman–Crippen MR) is 79.3 cm³/mol. The Morgan fingerprint density at radius 1 is 1.20 bits per heavy atom. The summed E-state index contributed by atoms with van der Waals surface area (Å²) in [5.41, 5.74) is 1.61. The van der Waals surface area contributed by atoms with Crippen molar-refractivity contribution in [3.8, 4) is 5.75 Å². The van der Waals surface area contributed by atoms with Crippen LogP contribution >= 0.6 is 0 Å². The summed E-state index contributed by atoms with van der Waals surface area (Å²) in [6, 6.07) is 7.39. The van der Waals surface area contributed by atoms with Gasteiger partial charge in [0.05, 0.1) is 6.10 Å². The number of hydrogen-bond acceptors (Lipinski definition) is 4. The Balaban J connectivity index is 2.31. The van der Waals surface area contributed by atoms with Gasteiger partial charge in [0.2, 0.25) is 10.3 Å². The van der Waals surface area contributed by atoms with Crippen molar-refractivity contribution in [3.63, 3.8) is 0 Å². The van der Waals surface area contributed by atoms with Gasteiger partial charge in [-0.15, -0.1) is 0 Å². The highest BCUT2D eigenvalue weighted by atomic mass is 32.2. The highest BCUT2D eigenvalue weighted by Gasteiger charge is 2.15. The molecule has 1 aromatic carbocycles. The van der Waals surface area contributed by atoms with E-state index in [0.717, 1.165) is 16.9 Å². The maximum atomic E-state index is 11.0. The minimum atomic E-state index is -2.42. The van der Waals surface area contributed by atoms with Gasteiger partial charge in [0.1, 0.15) is 16.7 Å². The van der Waals surface area contributed by atoms with Gasteiger partial charge in [-0.1, -0.05) is 24.3 Å². The van der Waals surface area contributed by atoms with Crippen LogP contribution in [0, 0.1) is 0 Å². The van der Waals surface area contributed by atoms with Crippen molar-refractivity contribution in [2.75, 3.05) is 0 Å². The number of hydrogen-bond donors (Lipinski definition) is 1. The molecule has 1 aliphatic rings. The second-order valence-corrected chi connectivity index (χ2v) is 5.67. The molecule has 0 amide bonds. The Morgan fingerprint density at radius 2 is 1.85 bits per heavy atom. The number of benzene rings is 1. The second kappa shape index (κ2) is 6.07. The number of rotatable bonds is 3. The molecule has 0 radical (unpaired) electrons. The van der Waals surface area contributed by atoms with Crippen LogP contribution in [0.5, 0.6) is 5.75 Å². The third kappa shape index (κ3) is 3.37. The SMILES string of the molecule is CC(C)Oc1ccc(C2=CC(=S(=O)=O)C(O)C=C2)cc1. The molecule has 1 aliphatic carbocycles. The van der Waals surface area contributed by atoms with Crippen LogP contribution in [0.15, 0.2) is 42.5 Å². The molecule has 0 fully saturated rings. The van der Waals surface area contributed by atoms with Crippen LogP contribution in [-0.2, 0) is 10.3 Å². The number of allylic oxidation sites excluding steroid dienone is 2. The largest absolute Gasteiger partial charge is 0.491 e. The highest BCUT2D eigenvalue weighted by molar-refractivity contribution is 7.73. The average Bonchev–Trinajstić information content (AvgIpc) is 2.39. The lowest BCUT2D eigenvalue weighted by Crippen LogP contribution is -2.19. The van der Waals surface area contributed by atoms with E-state index in [-0.39, 0.29) is 11.0 Å². The summed E-state index contributed by atoms with van der Waals surface area (Å²) in [5.74, 6) is 0.765. The topological polar surface area (TPSA) is 63.6 Å². The van der Waals surface area contributed by atoms with E-state index in [9.17, 15) is 13.5 Å². The number of ether oxygens (including phenoxy) is 1. The average molecular weight is 292 g/mol. The molecular formula is C15H16O4S. The Labute approximate surface area is 119 Å². The van der Waals surface area contributed by atoms with E-state index in [4.69, 9.17) is 4.74 Å². The number of aliphatic hydroxyl groups is 1. The van der Waals surface area contributed by atoms with E-state index < -0.39 is 16.4 Å². The summed E-state index contributed by atoms with van der Waals surface area (Å²) < 4.78 is 27.6. The minimum absolute atomic E-state index is 0.0231. The fraction of sp³-hybridized carbons (Fsp3) is 0.267. The van der Waals surface area contributed by atoms with E-state index in [1.54, 1.807) is 6.08 Å². The smallest absolute Gasteiger partial charge is 0.220 e. The standard InChI is InChI=1S/C15H16O4S/c1-10(2)19-13-6-3-11(4-7-13)12-5-8-14(16)15(9-12)20(17)18/h3-10,14,16H,1-2H3. The van der Waals surface area contributed by atoms with Crippen molar-refractivity contribution in [1.29, 1.82) is 0 Å². The number of aliphatic hydroxyl groups excluding tert-OH is 1. The van der Waals surface area contributed by atoms with Crippen molar-refractivity contribution in [2.45, 2.75) is 26.1 Å². The summed E-state index contributed by atoms with van der Waals surface area (Å²) in [6.45, 7) is 3.90. The monoisotopic (exact) mass is 292 g/mol. The van der Waals surface area contributed by atoms with Gasteiger partial charge in [-0.3, -0.25) is 0 Å². The maximum absolute atomic E-state index is 11.0. The summed E-state index contributed by atoms with van der Waals surface area (Å²) in [6.07, 6.45) is 3.68. The van der Waals surface area contributed by atoms with E-state index in [0.29, 0.717) is 0 Å². The molecule has 5 heteroatoms. The molecule has 20 heavy (non-hydrogen) atoms. The third-order valence-corrected chi connectivity index (χ3v) is 3.54. The molecule has 0 aromatic heterocycles. The van der Waals surface area contributed by atoms with Crippen LogP contribution < -0.4 is 4.74 Å². The van der Waals surface area contributed by atoms with Gasteiger partial charge in [-0.2, -0.15) is 8.42 Å². The van der Waals surface area contributed by atoms with Gasteiger partial charge in [0.15, 0.2) is 0 Å². The fourth-order valence-corrected chi connectivity index (χ4v) is 2.40. The molecule has 2 rings (SSSR count). The van der Waals surface area contributed by atoms with Crippen LogP contribution in [0.4, 0.5) is 0 Å². The zero-order chi connectivity index (χ0) is 14.7. The van der Waals surface area contributed by atoms with E-state index in [2.05, 4.69) is 0 Å². The zero-order valence-corrected chi connectivity index (χ0v) is 12.1. The Bertz CT molecular complexity index is 671. The predicted octanol–water partition coefficient (Wildman–Crippen LogP) is 1.84. The van der Waals surface area contributed by atoms with Gasteiger partial charge in [0.25, 0.3) is 0 Å². The molecule has 1 unspecified atom stereocenters. The Morgan fingerprint density at radius 3 is 2.40 bits per heavy atom. The van der Waals surface area contributed by atoms with Crippen LogP contribution in [0.2, 0.25) is 0 Å². The van der Waals surface area contributed by atoms with E-state index >= 15 is 0 Å². The zero-order valence-electron chi connectivity index (χ0n) is 11.3. The fourth-order valence-electron chi connectivity index (χ4n) is 1.90. The van der Waals surface area contributed by atoms with Crippen molar-refractivity contribution < 1.29 is 18.3 Å². The van der Waals surface area contributed by atoms with Crippen molar-refractivity contribution in [1.82, 2.24) is 0 Å². The summed E-state index contributed by atoms with van der Waals surface area (Å²) in [4.78, 5) is -0.0231. The summed E-state index contributed by atoms with van der Waals surface area (Å²) in [7, 11) is -2.42. The molecule has 1 aromatic rings. The van der Waals surface area contributed by atoms with E-state index in [1.807, 2.05) is 38.1 Å². The first-order valence-electron chi connectivity index (χ1n) is 6.28. The van der Waals surface area contributed by atoms with Crippen molar-refractivity contribution in [3.05, 3.63) is 48.1 Å². The van der Waals surface area contributed by atoms with Gasteiger partial charge in [0, 0.05) is 0 Å².